The summed E-state index contributed by atoms with van der Waals surface area (Å²) in [5.41, 5.74) is -0.0598. The summed E-state index contributed by atoms with van der Waals surface area (Å²) < 4.78 is 1.28. The van der Waals surface area contributed by atoms with E-state index in [1.165, 1.54) is 23.3 Å². The number of hydrogen-bond donors (Lipinski definition) is 3. The normalized spacial score (nSPS) is 10.6. The Labute approximate surface area is 111 Å². The van der Waals surface area contributed by atoms with E-state index in [1.54, 1.807) is 18.2 Å². The van der Waals surface area contributed by atoms with Crippen LogP contribution in [0, 0.1) is 0 Å². The Kier molecular flexibility index (Phi) is 2.68. The van der Waals surface area contributed by atoms with Crippen LogP contribution >= 0.6 is 0 Å². The SMILES string of the molecule is O=C(Nc1ccc2[nH]c(=O)c(=O)[nH]c2c1)n1ccnc1. The van der Waals surface area contributed by atoms with Gasteiger partial charge in [-0.05, 0) is 18.2 Å². The first-order chi connectivity index (χ1) is 9.63. The molecular formula is C12H9N5O3. The molecule has 0 bridgehead atoms. The van der Waals surface area contributed by atoms with E-state index in [2.05, 4.69) is 20.3 Å². The number of anilines is 1. The summed E-state index contributed by atoms with van der Waals surface area (Å²) in [6.07, 6.45) is 4.37. The van der Waals surface area contributed by atoms with Gasteiger partial charge in [-0.25, -0.2) is 9.78 Å². The van der Waals surface area contributed by atoms with Crippen molar-refractivity contribution in [3.8, 4) is 0 Å². The number of hydrogen-bond acceptors (Lipinski definition) is 4. The molecule has 0 aliphatic carbocycles. The van der Waals surface area contributed by atoms with Gasteiger partial charge in [0.15, 0.2) is 0 Å². The van der Waals surface area contributed by atoms with E-state index in [9.17, 15) is 14.4 Å². The highest BCUT2D eigenvalue weighted by Crippen LogP contribution is 2.13. The smallest absolute Gasteiger partial charge is 0.316 e. The molecule has 3 aromatic rings. The first kappa shape index (κ1) is 11.9. The van der Waals surface area contributed by atoms with Crippen LogP contribution in [-0.4, -0.2) is 25.6 Å². The molecule has 0 atom stereocenters. The largest absolute Gasteiger partial charge is 0.331 e. The molecular weight excluding hydrogens is 262 g/mol. The van der Waals surface area contributed by atoms with Crippen molar-refractivity contribution in [1.82, 2.24) is 19.5 Å². The zero-order valence-corrected chi connectivity index (χ0v) is 10.1. The van der Waals surface area contributed by atoms with Crippen LogP contribution in [-0.2, 0) is 0 Å². The number of nitrogens with zero attached hydrogens (tertiary/aromatic N) is 2. The number of benzene rings is 1. The fraction of sp³-hybridized carbons (Fsp3) is 0. The van der Waals surface area contributed by atoms with Gasteiger partial charge < -0.3 is 15.3 Å². The number of carbonyl (C=O) groups is 1. The summed E-state index contributed by atoms with van der Waals surface area (Å²) in [5.74, 6) is 0. The molecule has 0 radical (unpaired) electrons. The molecule has 0 aliphatic rings. The highest BCUT2D eigenvalue weighted by Gasteiger charge is 2.05. The molecule has 0 saturated carbocycles. The maximum atomic E-state index is 11.8. The van der Waals surface area contributed by atoms with Crippen molar-refractivity contribution >= 4 is 22.8 Å². The van der Waals surface area contributed by atoms with E-state index in [4.69, 9.17) is 0 Å². The number of rotatable bonds is 1. The molecule has 2 heterocycles. The summed E-state index contributed by atoms with van der Waals surface area (Å²) in [5, 5.41) is 2.64. The lowest BCUT2D eigenvalue weighted by atomic mass is 10.2. The van der Waals surface area contributed by atoms with Gasteiger partial charge >= 0.3 is 17.1 Å². The lowest BCUT2D eigenvalue weighted by molar-refractivity contribution is 0.253. The minimum atomic E-state index is -0.740. The maximum Gasteiger partial charge on any atom is 0.331 e. The quantitative estimate of drug-likeness (QED) is 0.559. The molecule has 8 nitrogen and oxygen atoms in total. The third-order valence-corrected chi connectivity index (χ3v) is 2.71. The fourth-order valence-corrected chi connectivity index (χ4v) is 1.76. The molecule has 3 N–H and O–H groups in total. The van der Waals surface area contributed by atoms with Crippen LogP contribution in [0.4, 0.5) is 10.5 Å². The number of carbonyl (C=O) groups excluding carboxylic acids is 1. The number of fused-ring (bicyclic) bond motifs is 1. The molecule has 0 spiro atoms. The first-order valence-corrected chi connectivity index (χ1v) is 5.69. The van der Waals surface area contributed by atoms with Crippen LogP contribution in [0.1, 0.15) is 0 Å². The monoisotopic (exact) mass is 271 g/mol. The van der Waals surface area contributed by atoms with Gasteiger partial charge in [0.1, 0.15) is 6.33 Å². The minimum Gasteiger partial charge on any atom is -0.316 e. The Morgan fingerprint density at radius 3 is 2.60 bits per heavy atom. The van der Waals surface area contributed by atoms with Crippen LogP contribution in [0.15, 0.2) is 46.5 Å². The molecule has 0 fully saturated rings. The number of imidazole rings is 1. The number of aromatic nitrogens is 4. The maximum absolute atomic E-state index is 11.8. The van der Waals surface area contributed by atoms with E-state index >= 15 is 0 Å². The molecule has 0 aliphatic heterocycles. The molecule has 2 aromatic heterocycles. The number of nitrogens with one attached hydrogen (secondary N) is 3. The van der Waals surface area contributed by atoms with Crippen LogP contribution in [0.2, 0.25) is 0 Å². The van der Waals surface area contributed by atoms with Gasteiger partial charge in [0.05, 0.1) is 11.0 Å². The number of amides is 1. The van der Waals surface area contributed by atoms with Crippen molar-refractivity contribution in [3.05, 3.63) is 57.6 Å². The van der Waals surface area contributed by atoms with Crippen molar-refractivity contribution in [1.29, 1.82) is 0 Å². The molecule has 1 aromatic carbocycles. The highest BCUT2D eigenvalue weighted by molar-refractivity contribution is 5.92. The van der Waals surface area contributed by atoms with E-state index < -0.39 is 11.1 Å². The molecule has 0 unspecified atom stereocenters. The Morgan fingerprint density at radius 1 is 1.15 bits per heavy atom. The second kappa shape index (κ2) is 4.50. The van der Waals surface area contributed by atoms with Crippen LogP contribution < -0.4 is 16.4 Å². The Hall–Kier alpha value is -3.16. The highest BCUT2D eigenvalue weighted by atomic mass is 16.2. The zero-order valence-electron chi connectivity index (χ0n) is 10.1. The van der Waals surface area contributed by atoms with Gasteiger partial charge in [-0.15, -0.1) is 0 Å². The van der Waals surface area contributed by atoms with Gasteiger partial charge in [-0.1, -0.05) is 0 Å². The average molecular weight is 271 g/mol. The first-order valence-electron chi connectivity index (χ1n) is 5.69. The van der Waals surface area contributed by atoms with Crippen LogP contribution in [0.3, 0.4) is 0 Å². The molecule has 3 rings (SSSR count). The van der Waals surface area contributed by atoms with Gasteiger partial charge in [0.25, 0.3) is 0 Å². The average Bonchev–Trinajstić information content (AvgIpc) is 2.94. The second-order valence-corrected chi connectivity index (χ2v) is 4.07. The topological polar surface area (TPSA) is 113 Å². The molecule has 100 valence electrons. The van der Waals surface area contributed by atoms with Crippen LogP contribution in [0.25, 0.3) is 11.0 Å². The second-order valence-electron chi connectivity index (χ2n) is 4.07. The van der Waals surface area contributed by atoms with Crippen molar-refractivity contribution in [2.24, 2.45) is 0 Å². The lowest BCUT2D eigenvalue weighted by Gasteiger charge is -2.06. The molecule has 0 saturated heterocycles. The summed E-state index contributed by atoms with van der Waals surface area (Å²) in [6, 6.07) is 4.39. The van der Waals surface area contributed by atoms with Crippen molar-refractivity contribution in [2.75, 3.05) is 5.32 Å². The predicted octanol–water partition coefficient (Wildman–Crippen LogP) is 0.493. The third kappa shape index (κ3) is 2.09. The predicted molar refractivity (Wildman–Crippen MR) is 71.8 cm³/mol. The minimum absolute atomic E-state index is 0.381. The molecule has 1 amide bonds. The van der Waals surface area contributed by atoms with Crippen molar-refractivity contribution in [3.63, 3.8) is 0 Å². The van der Waals surface area contributed by atoms with Crippen molar-refractivity contribution < 1.29 is 4.79 Å². The summed E-state index contributed by atoms with van der Waals surface area (Å²) >= 11 is 0. The van der Waals surface area contributed by atoms with Gasteiger partial charge in [0.2, 0.25) is 0 Å². The third-order valence-electron chi connectivity index (χ3n) is 2.71. The Bertz CT molecular complexity index is 891. The molecule has 8 heteroatoms. The molecule has 20 heavy (non-hydrogen) atoms. The van der Waals surface area contributed by atoms with Crippen LogP contribution in [0.5, 0.6) is 0 Å². The van der Waals surface area contributed by atoms with Gasteiger partial charge in [-0.3, -0.25) is 14.2 Å². The Balaban J connectivity index is 1.97. The summed E-state index contributed by atoms with van der Waals surface area (Å²) in [7, 11) is 0. The van der Waals surface area contributed by atoms with Gasteiger partial charge in [0, 0.05) is 18.1 Å². The van der Waals surface area contributed by atoms with E-state index in [-0.39, 0.29) is 6.03 Å². The van der Waals surface area contributed by atoms with E-state index in [1.807, 2.05) is 0 Å². The van der Waals surface area contributed by atoms with E-state index in [0.29, 0.717) is 16.7 Å². The zero-order chi connectivity index (χ0) is 14.1. The lowest BCUT2D eigenvalue weighted by Crippen LogP contribution is -2.28. The Morgan fingerprint density at radius 2 is 1.90 bits per heavy atom. The number of H-pyrrole nitrogens is 2. The van der Waals surface area contributed by atoms with Crippen molar-refractivity contribution in [2.45, 2.75) is 0 Å². The summed E-state index contributed by atoms with van der Waals surface area (Å²) in [4.78, 5) is 42.9. The summed E-state index contributed by atoms with van der Waals surface area (Å²) in [6.45, 7) is 0. The number of aromatic amines is 2. The fourth-order valence-electron chi connectivity index (χ4n) is 1.76. The standard InChI is InChI=1S/C12H9N5O3/c18-10-11(19)16-9-5-7(1-2-8(9)15-10)14-12(20)17-4-3-13-6-17/h1-6H,(H,14,20)(H,15,18)(H,16,19). The van der Waals surface area contributed by atoms with Gasteiger partial charge in [-0.2, -0.15) is 0 Å². The van der Waals surface area contributed by atoms with E-state index in [0.717, 1.165) is 0 Å².